The molecule has 1 aromatic rings. The zero-order chi connectivity index (χ0) is 18.4. The number of halogens is 1. The predicted molar refractivity (Wildman–Crippen MR) is 108 cm³/mol. The van der Waals surface area contributed by atoms with Gasteiger partial charge in [-0.15, -0.1) is 0 Å². The first-order chi connectivity index (χ1) is 11.9. The third-order valence-corrected chi connectivity index (χ3v) is 5.48. The highest BCUT2D eigenvalue weighted by atomic mass is 32.1. The number of anilines is 1. The summed E-state index contributed by atoms with van der Waals surface area (Å²) < 4.78 is 13.4. The molecule has 1 aliphatic rings. The van der Waals surface area contributed by atoms with Gasteiger partial charge < -0.3 is 15.1 Å². The van der Waals surface area contributed by atoms with Gasteiger partial charge in [-0.1, -0.05) is 19.9 Å². The summed E-state index contributed by atoms with van der Waals surface area (Å²) in [6, 6.07) is 7.69. The van der Waals surface area contributed by atoms with Gasteiger partial charge in [-0.05, 0) is 56.6 Å². The van der Waals surface area contributed by atoms with Crippen LogP contribution in [0.15, 0.2) is 24.3 Å². The van der Waals surface area contributed by atoms with Crippen molar-refractivity contribution in [2.24, 2.45) is 5.92 Å². The fraction of sp³-hybridized carbons (Fsp3) is 0.650. The minimum absolute atomic E-state index is 0.240. The molecule has 0 aromatic heterocycles. The number of rotatable bonds is 6. The van der Waals surface area contributed by atoms with Gasteiger partial charge in [-0.3, -0.25) is 0 Å². The Morgan fingerprint density at radius 1 is 1.28 bits per heavy atom. The maximum atomic E-state index is 13.4. The molecule has 1 saturated heterocycles. The Labute approximate surface area is 157 Å². The van der Waals surface area contributed by atoms with E-state index in [0.717, 1.165) is 36.6 Å². The van der Waals surface area contributed by atoms with Crippen LogP contribution in [0.2, 0.25) is 0 Å². The number of likely N-dealkylation sites (tertiary alicyclic amines) is 1. The van der Waals surface area contributed by atoms with Crippen molar-refractivity contribution in [3.8, 4) is 0 Å². The average molecular weight is 367 g/mol. The number of thiocarbonyl (C=S) groups is 1. The van der Waals surface area contributed by atoms with E-state index in [4.69, 9.17) is 12.2 Å². The molecule has 3 nitrogen and oxygen atoms in total. The maximum absolute atomic E-state index is 13.4. The van der Waals surface area contributed by atoms with Crippen molar-refractivity contribution in [3.05, 3.63) is 30.1 Å². The standard InChI is InChI=1S/C20H32FN3S/c1-15(2)8-13-24(19-9-11-23(12-10-19)16(3)4)20(25)22-18-7-5-6-17(21)14-18/h5-7,14-16,19H,8-13H2,1-4H3,(H,22,25)/p+1. The minimum atomic E-state index is -0.240. The number of nitrogens with zero attached hydrogens (tertiary/aromatic N) is 1. The summed E-state index contributed by atoms with van der Waals surface area (Å²) in [6.45, 7) is 12.4. The number of quaternary nitrogens is 1. The number of hydrogen-bond acceptors (Lipinski definition) is 1. The Balaban J connectivity index is 2.03. The lowest BCUT2D eigenvalue weighted by Crippen LogP contribution is -3.16. The van der Waals surface area contributed by atoms with Crippen molar-refractivity contribution >= 4 is 23.0 Å². The molecule has 1 fully saturated rings. The molecule has 0 spiro atoms. The van der Waals surface area contributed by atoms with Crippen LogP contribution in [0.3, 0.4) is 0 Å². The Morgan fingerprint density at radius 3 is 2.52 bits per heavy atom. The van der Waals surface area contributed by atoms with Crippen molar-refractivity contribution in [2.45, 2.75) is 59.0 Å². The van der Waals surface area contributed by atoms with Crippen LogP contribution in [0.4, 0.5) is 10.1 Å². The SMILES string of the molecule is CC(C)CCN(C(=S)Nc1cccc(F)c1)C1CC[NH+](C(C)C)CC1. The minimum Gasteiger partial charge on any atom is -0.346 e. The van der Waals surface area contributed by atoms with Gasteiger partial charge in [-0.25, -0.2) is 4.39 Å². The Morgan fingerprint density at radius 2 is 1.96 bits per heavy atom. The smallest absolute Gasteiger partial charge is 0.173 e. The third-order valence-electron chi connectivity index (χ3n) is 5.14. The molecule has 0 atom stereocenters. The normalized spacial score (nSPS) is 20.8. The lowest BCUT2D eigenvalue weighted by molar-refractivity contribution is -0.926. The van der Waals surface area contributed by atoms with Gasteiger partial charge in [0.25, 0.3) is 0 Å². The number of piperidine rings is 1. The lowest BCUT2D eigenvalue weighted by atomic mass is 10.0. The quantitative estimate of drug-likeness (QED) is 0.754. The van der Waals surface area contributed by atoms with Crippen LogP contribution >= 0.6 is 12.2 Å². The molecule has 2 rings (SSSR count). The topological polar surface area (TPSA) is 19.7 Å². The molecule has 0 radical (unpaired) electrons. The van der Waals surface area contributed by atoms with Gasteiger partial charge in [0, 0.05) is 31.1 Å². The summed E-state index contributed by atoms with van der Waals surface area (Å²) in [7, 11) is 0. The molecule has 0 aliphatic carbocycles. The zero-order valence-electron chi connectivity index (χ0n) is 16.0. The first kappa shape index (κ1) is 20.1. The fourth-order valence-corrected chi connectivity index (χ4v) is 3.83. The number of benzene rings is 1. The molecule has 0 bridgehead atoms. The second-order valence-corrected chi connectivity index (χ2v) is 8.25. The largest absolute Gasteiger partial charge is 0.346 e. The van der Waals surface area contributed by atoms with E-state index in [9.17, 15) is 4.39 Å². The Hall–Kier alpha value is -1.20. The maximum Gasteiger partial charge on any atom is 0.173 e. The Kier molecular flexibility index (Phi) is 7.63. The highest BCUT2D eigenvalue weighted by Crippen LogP contribution is 2.17. The van der Waals surface area contributed by atoms with Gasteiger partial charge in [-0.2, -0.15) is 0 Å². The molecule has 0 amide bonds. The van der Waals surface area contributed by atoms with Crippen molar-refractivity contribution in [2.75, 3.05) is 25.0 Å². The van der Waals surface area contributed by atoms with Gasteiger partial charge in [0.15, 0.2) is 5.11 Å². The van der Waals surface area contributed by atoms with Crippen molar-refractivity contribution in [1.82, 2.24) is 4.90 Å². The van der Waals surface area contributed by atoms with Crippen molar-refractivity contribution in [1.29, 1.82) is 0 Å². The summed E-state index contributed by atoms with van der Waals surface area (Å²) in [4.78, 5) is 4.03. The molecule has 0 saturated carbocycles. The number of nitrogens with one attached hydrogen (secondary N) is 2. The fourth-order valence-electron chi connectivity index (χ4n) is 3.47. The van der Waals surface area contributed by atoms with Crippen LogP contribution < -0.4 is 10.2 Å². The van der Waals surface area contributed by atoms with Crippen molar-refractivity contribution < 1.29 is 9.29 Å². The summed E-state index contributed by atoms with van der Waals surface area (Å²) in [5.74, 6) is 0.399. The summed E-state index contributed by atoms with van der Waals surface area (Å²) in [6.07, 6.45) is 3.44. The van der Waals surface area contributed by atoms with Gasteiger partial charge in [0.1, 0.15) is 5.82 Å². The van der Waals surface area contributed by atoms with E-state index in [1.54, 1.807) is 11.0 Å². The van der Waals surface area contributed by atoms with E-state index >= 15 is 0 Å². The third kappa shape index (κ3) is 6.23. The first-order valence-corrected chi connectivity index (χ1v) is 9.95. The molecule has 1 heterocycles. The van der Waals surface area contributed by atoms with Gasteiger partial charge >= 0.3 is 0 Å². The van der Waals surface area contributed by atoms with E-state index in [0.29, 0.717) is 18.0 Å². The average Bonchev–Trinajstić information content (AvgIpc) is 2.55. The first-order valence-electron chi connectivity index (χ1n) is 9.54. The van der Waals surface area contributed by atoms with E-state index in [1.165, 1.54) is 25.2 Å². The van der Waals surface area contributed by atoms with Crippen LogP contribution in [0.5, 0.6) is 0 Å². The zero-order valence-corrected chi connectivity index (χ0v) is 16.8. The molecule has 0 unspecified atom stereocenters. The monoisotopic (exact) mass is 366 g/mol. The van der Waals surface area contributed by atoms with Crippen LogP contribution in [-0.2, 0) is 0 Å². The molecule has 25 heavy (non-hydrogen) atoms. The lowest BCUT2D eigenvalue weighted by Gasteiger charge is -2.39. The van der Waals surface area contributed by atoms with Crippen LogP contribution in [0, 0.1) is 11.7 Å². The van der Waals surface area contributed by atoms with E-state index in [1.807, 2.05) is 6.07 Å². The van der Waals surface area contributed by atoms with Crippen LogP contribution in [0.1, 0.15) is 47.0 Å². The molecule has 140 valence electrons. The molecule has 1 aliphatic heterocycles. The van der Waals surface area contributed by atoms with Crippen LogP contribution in [0.25, 0.3) is 0 Å². The van der Waals surface area contributed by atoms with Crippen LogP contribution in [-0.4, -0.2) is 41.7 Å². The highest BCUT2D eigenvalue weighted by molar-refractivity contribution is 7.80. The predicted octanol–water partition coefficient (Wildman–Crippen LogP) is 3.33. The molecular weight excluding hydrogens is 333 g/mol. The number of hydrogen-bond donors (Lipinski definition) is 2. The van der Waals surface area contributed by atoms with E-state index < -0.39 is 0 Å². The summed E-state index contributed by atoms with van der Waals surface area (Å²) in [5, 5.41) is 3.97. The van der Waals surface area contributed by atoms with Gasteiger partial charge in [0.05, 0.1) is 19.1 Å². The van der Waals surface area contributed by atoms with Crippen molar-refractivity contribution in [3.63, 3.8) is 0 Å². The van der Waals surface area contributed by atoms with Gasteiger partial charge in [0.2, 0.25) is 0 Å². The second kappa shape index (κ2) is 9.48. The molecular formula is C20H33FN3S+. The molecule has 1 aromatic carbocycles. The van der Waals surface area contributed by atoms with E-state index in [2.05, 4.69) is 37.9 Å². The molecule has 2 N–H and O–H groups in total. The highest BCUT2D eigenvalue weighted by Gasteiger charge is 2.29. The second-order valence-electron chi connectivity index (χ2n) is 7.86. The summed E-state index contributed by atoms with van der Waals surface area (Å²) in [5.41, 5.74) is 0.727. The molecule has 5 heteroatoms. The summed E-state index contributed by atoms with van der Waals surface area (Å²) >= 11 is 5.70. The van der Waals surface area contributed by atoms with E-state index in [-0.39, 0.29) is 5.82 Å². The Bertz CT molecular complexity index is 554.